The minimum absolute atomic E-state index is 0.0453. The van der Waals surface area contributed by atoms with E-state index in [-0.39, 0.29) is 11.3 Å². The highest BCUT2D eigenvalue weighted by Crippen LogP contribution is 2.40. The summed E-state index contributed by atoms with van der Waals surface area (Å²) in [6, 6.07) is 30.9. The van der Waals surface area contributed by atoms with Crippen molar-refractivity contribution in [1.82, 2.24) is 9.80 Å². The number of carbonyl (C=O) groups is 2. The van der Waals surface area contributed by atoms with Crippen LogP contribution in [-0.4, -0.2) is 53.8 Å². The van der Waals surface area contributed by atoms with Crippen LogP contribution in [0, 0.1) is 6.92 Å². The van der Waals surface area contributed by atoms with Crippen molar-refractivity contribution in [2.24, 2.45) is 0 Å². The quantitative estimate of drug-likeness (QED) is 0.138. The largest absolute Gasteiger partial charge is 0.507 e. The smallest absolute Gasteiger partial charge is 0.295 e. The van der Waals surface area contributed by atoms with Crippen LogP contribution in [0.25, 0.3) is 5.76 Å². The summed E-state index contributed by atoms with van der Waals surface area (Å²) < 4.78 is 11.9. The number of aliphatic hydroxyl groups excluding tert-OH is 1. The lowest BCUT2D eigenvalue weighted by molar-refractivity contribution is -0.140. The number of aryl methyl sites for hydroxylation is 1. The van der Waals surface area contributed by atoms with Gasteiger partial charge in [-0.3, -0.25) is 9.59 Å². The van der Waals surface area contributed by atoms with E-state index >= 15 is 0 Å². The van der Waals surface area contributed by atoms with Gasteiger partial charge in [-0.1, -0.05) is 60.2 Å². The summed E-state index contributed by atoms with van der Waals surface area (Å²) in [5.74, 6) is 0.264. The zero-order chi connectivity index (χ0) is 29.6. The van der Waals surface area contributed by atoms with Gasteiger partial charge < -0.3 is 24.4 Å². The number of carbonyl (C=O) groups excluding carboxylic acids is 2. The lowest BCUT2D eigenvalue weighted by Gasteiger charge is -2.27. The fraction of sp³-hybridized carbons (Fsp3) is 0.200. The summed E-state index contributed by atoms with van der Waals surface area (Å²) in [6.07, 6.45) is 0. The van der Waals surface area contributed by atoms with Gasteiger partial charge in [0.1, 0.15) is 29.6 Å². The van der Waals surface area contributed by atoms with Crippen LogP contribution in [-0.2, 0) is 16.2 Å². The number of rotatable bonds is 10. The third-order valence-electron chi connectivity index (χ3n) is 7.13. The third kappa shape index (κ3) is 6.53. The van der Waals surface area contributed by atoms with Gasteiger partial charge in [-0.05, 0) is 80.7 Å². The minimum atomic E-state index is -0.776. The summed E-state index contributed by atoms with van der Waals surface area (Å²) in [5, 5.41) is 11.5. The topological polar surface area (TPSA) is 79.3 Å². The van der Waals surface area contributed by atoms with E-state index in [2.05, 4.69) is 0 Å². The number of likely N-dealkylation sites (N-methyl/N-ethyl adjacent to an activating group) is 1. The lowest BCUT2D eigenvalue weighted by Crippen LogP contribution is -2.35. The predicted molar refractivity (Wildman–Crippen MR) is 162 cm³/mol. The Hall–Kier alpha value is -4.88. The fourth-order valence-electron chi connectivity index (χ4n) is 4.85. The van der Waals surface area contributed by atoms with Gasteiger partial charge in [0, 0.05) is 18.7 Å². The Kier molecular flexibility index (Phi) is 8.69. The highest BCUT2D eigenvalue weighted by molar-refractivity contribution is 6.46. The summed E-state index contributed by atoms with van der Waals surface area (Å²) in [7, 11) is 3.81. The zero-order valence-electron chi connectivity index (χ0n) is 24.0. The molecule has 5 rings (SSSR count). The van der Waals surface area contributed by atoms with E-state index < -0.39 is 17.7 Å². The molecule has 0 aromatic heterocycles. The highest BCUT2D eigenvalue weighted by Gasteiger charge is 2.46. The molecule has 7 nitrogen and oxygen atoms in total. The Bertz CT molecular complexity index is 1580. The molecule has 0 bridgehead atoms. The van der Waals surface area contributed by atoms with Crippen LogP contribution >= 0.6 is 0 Å². The number of ether oxygens (including phenoxy) is 2. The number of nitrogens with zero attached hydrogens (tertiary/aromatic N) is 2. The molecule has 214 valence electrons. The highest BCUT2D eigenvalue weighted by atomic mass is 16.5. The van der Waals surface area contributed by atoms with Gasteiger partial charge in [0.2, 0.25) is 0 Å². The molecule has 0 radical (unpaired) electrons. The van der Waals surface area contributed by atoms with E-state index in [1.54, 1.807) is 24.3 Å². The molecule has 4 aromatic carbocycles. The molecule has 1 N–H and O–H groups in total. The zero-order valence-corrected chi connectivity index (χ0v) is 24.0. The van der Waals surface area contributed by atoms with E-state index in [4.69, 9.17) is 9.47 Å². The number of hydrogen-bond acceptors (Lipinski definition) is 6. The SMILES string of the molecule is Cc1ccc(COc2ccc(C(O)=C3C(=O)C(=O)N(CCN(C)C)[C@@H]3c3cccc(Oc4ccccc4)c3)cc2)cc1. The van der Waals surface area contributed by atoms with Crippen LogP contribution < -0.4 is 9.47 Å². The number of ketones is 1. The van der Waals surface area contributed by atoms with E-state index in [0.29, 0.717) is 48.1 Å². The molecule has 1 amide bonds. The molecular weight excluding hydrogens is 528 g/mol. The molecule has 1 atom stereocenters. The normalized spacial score (nSPS) is 16.2. The summed E-state index contributed by atoms with van der Waals surface area (Å²) in [5.41, 5.74) is 3.36. The maximum absolute atomic E-state index is 13.4. The minimum Gasteiger partial charge on any atom is -0.507 e. The van der Waals surface area contributed by atoms with Crippen molar-refractivity contribution in [3.8, 4) is 17.2 Å². The van der Waals surface area contributed by atoms with Gasteiger partial charge in [-0.15, -0.1) is 0 Å². The van der Waals surface area contributed by atoms with Crippen LogP contribution in [0.1, 0.15) is 28.3 Å². The average Bonchev–Trinajstić information content (AvgIpc) is 3.25. The standard InChI is InChI=1S/C35H34N2O5/c1-24-12-14-25(15-13-24)23-41-28-18-16-26(17-19-28)33(38)31-32(37(21-20-36(2)3)35(40)34(31)39)27-8-7-11-30(22-27)42-29-9-5-4-6-10-29/h4-19,22,32,38H,20-21,23H2,1-3H3/t32-/m1/s1. The van der Waals surface area contributed by atoms with Crippen molar-refractivity contribution in [2.75, 3.05) is 27.2 Å². The van der Waals surface area contributed by atoms with Gasteiger partial charge in [-0.2, -0.15) is 0 Å². The second-order valence-corrected chi connectivity index (χ2v) is 10.6. The summed E-state index contributed by atoms with van der Waals surface area (Å²) in [6.45, 7) is 3.31. The molecule has 0 unspecified atom stereocenters. The number of likely N-dealkylation sites (tertiary alicyclic amines) is 1. The molecule has 0 spiro atoms. The van der Waals surface area contributed by atoms with Crippen molar-refractivity contribution < 1.29 is 24.2 Å². The molecule has 1 fully saturated rings. The Morgan fingerprint density at radius 2 is 1.52 bits per heavy atom. The van der Waals surface area contributed by atoms with Gasteiger partial charge in [0.05, 0.1) is 11.6 Å². The fourth-order valence-corrected chi connectivity index (χ4v) is 4.85. The number of amides is 1. The molecule has 7 heteroatoms. The lowest BCUT2D eigenvalue weighted by atomic mass is 9.95. The number of hydrogen-bond donors (Lipinski definition) is 1. The van der Waals surface area contributed by atoms with Crippen LogP contribution in [0.15, 0.2) is 109 Å². The van der Waals surface area contributed by atoms with E-state index in [1.165, 1.54) is 10.5 Å². The van der Waals surface area contributed by atoms with E-state index in [0.717, 1.165) is 5.56 Å². The van der Waals surface area contributed by atoms with E-state index in [1.807, 2.05) is 105 Å². The predicted octanol–water partition coefficient (Wildman–Crippen LogP) is 6.35. The number of Topliss-reactive ketones (excluding diaryl/α,β-unsaturated/α-hetero) is 1. The first-order valence-electron chi connectivity index (χ1n) is 13.8. The van der Waals surface area contributed by atoms with Crippen LogP contribution in [0.5, 0.6) is 17.2 Å². The first-order chi connectivity index (χ1) is 20.3. The molecule has 4 aromatic rings. The first-order valence-corrected chi connectivity index (χ1v) is 13.8. The second kappa shape index (κ2) is 12.7. The molecule has 1 aliphatic rings. The molecular formula is C35H34N2O5. The van der Waals surface area contributed by atoms with E-state index in [9.17, 15) is 14.7 Å². The van der Waals surface area contributed by atoms with Crippen molar-refractivity contribution >= 4 is 17.4 Å². The molecule has 1 heterocycles. The average molecular weight is 563 g/mol. The van der Waals surface area contributed by atoms with Crippen molar-refractivity contribution in [3.05, 3.63) is 131 Å². The van der Waals surface area contributed by atoms with Crippen LogP contribution in [0.4, 0.5) is 0 Å². The number of benzene rings is 4. The van der Waals surface area contributed by atoms with Crippen molar-refractivity contribution in [3.63, 3.8) is 0 Å². The van der Waals surface area contributed by atoms with Crippen LogP contribution in [0.2, 0.25) is 0 Å². The number of para-hydroxylation sites is 1. The van der Waals surface area contributed by atoms with Crippen molar-refractivity contribution in [1.29, 1.82) is 0 Å². The van der Waals surface area contributed by atoms with Gasteiger partial charge in [0.15, 0.2) is 0 Å². The second-order valence-electron chi connectivity index (χ2n) is 10.6. The Morgan fingerprint density at radius 1 is 0.833 bits per heavy atom. The van der Waals surface area contributed by atoms with Gasteiger partial charge in [0.25, 0.3) is 11.7 Å². The Labute approximate surface area is 246 Å². The van der Waals surface area contributed by atoms with Gasteiger partial charge >= 0.3 is 0 Å². The van der Waals surface area contributed by atoms with Crippen molar-refractivity contribution in [2.45, 2.75) is 19.6 Å². The molecule has 1 aliphatic heterocycles. The monoisotopic (exact) mass is 562 g/mol. The Morgan fingerprint density at radius 3 is 2.21 bits per heavy atom. The van der Waals surface area contributed by atoms with Crippen LogP contribution in [0.3, 0.4) is 0 Å². The molecule has 0 aliphatic carbocycles. The molecule has 42 heavy (non-hydrogen) atoms. The third-order valence-corrected chi connectivity index (χ3v) is 7.13. The molecule has 0 saturated carbocycles. The Balaban J connectivity index is 1.46. The molecule has 1 saturated heterocycles. The first kappa shape index (κ1) is 28.6. The maximum atomic E-state index is 13.4. The maximum Gasteiger partial charge on any atom is 0.295 e. The summed E-state index contributed by atoms with van der Waals surface area (Å²) >= 11 is 0. The summed E-state index contributed by atoms with van der Waals surface area (Å²) in [4.78, 5) is 30.2. The number of aliphatic hydroxyl groups is 1. The van der Waals surface area contributed by atoms with Gasteiger partial charge in [-0.25, -0.2) is 0 Å².